The Balaban J connectivity index is 1.66. The van der Waals surface area contributed by atoms with Crippen LogP contribution in [0, 0.1) is 5.41 Å². The standard InChI is InChI=1S/C26H32N2O6/c1-25(2,3)21(13-22(30)28-26(4,15-29)23(31)32)27-24(33)34-14-20-18-11-7-5-9-16(18)17-10-6-8-12-19(17)20/h5-12,20-21,29H,13-15H2,1-4H3,(H,27,33)(H,28,30)(H,31,32). The average molecular weight is 469 g/mol. The third kappa shape index (κ3) is 5.39. The lowest BCUT2D eigenvalue weighted by atomic mass is 9.84. The van der Waals surface area contributed by atoms with Crippen LogP contribution in [-0.4, -0.2) is 53.0 Å². The minimum atomic E-state index is -1.80. The monoisotopic (exact) mass is 468 g/mol. The Labute approximate surface area is 199 Å². The van der Waals surface area contributed by atoms with Crippen molar-refractivity contribution in [3.8, 4) is 11.1 Å². The Morgan fingerprint density at radius 3 is 1.97 bits per heavy atom. The van der Waals surface area contributed by atoms with Gasteiger partial charge in [0, 0.05) is 18.4 Å². The minimum Gasteiger partial charge on any atom is -0.479 e. The zero-order chi connectivity index (χ0) is 25.1. The molecule has 2 amide bonds. The quantitative estimate of drug-likeness (QED) is 0.471. The molecule has 34 heavy (non-hydrogen) atoms. The molecule has 2 atom stereocenters. The second-order valence-corrected chi connectivity index (χ2v) is 9.94. The SMILES string of the molecule is CC(CO)(NC(=O)CC(NC(=O)OCC1c2ccccc2-c2ccccc21)C(C)(C)C)C(=O)O. The van der Waals surface area contributed by atoms with Crippen molar-refractivity contribution >= 4 is 18.0 Å². The van der Waals surface area contributed by atoms with Crippen LogP contribution in [0.1, 0.15) is 51.2 Å². The van der Waals surface area contributed by atoms with Gasteiger partial charge in [0.05, 0.1) is 6.61 Å². The second-order valence-electron chi connectivity index (χ2n) is 9.94. The molecule has 1 aliphatic carbocycles. The number of fused-ring (bicyclic) bond motifs is 3. The van der Waals surface area contributed by atoms with Crippen LogP contribution in [0.15, 0.2) is 48.5 Å². The highest BCUT2D eigenvalue weighted by Crippen LogP contribution is 2.44. The molecule has 2 unspecified atom stereocenters. The van der Waals surface area contributed by atoms with Gasteiger partial charge >= 0.3 is 12.1 Å². The van der Waals surface area contributed by atoms with E-state index in [0.29, 0.717) is 0 Å². The van der Waals surface area contributed by atoms with E-state index in [9.17, 15) is 24.6 Å². The predicted molar refractivity (Wildman–Crippen MR) is 127 cm³/mol. The number of benzene rings is 2. The molecule has 0 saturated heterocycles. The maximum Gasteiger partial charge on any atom is 0.407 e. The largest absolute Gasteiger partial charge is 0.479 e. The highest BCUT2D eigenvalue weighted by Gasteiger charge is 2.37. The first-order chi connectivity index (χ1) is 16.0. The molecule has 2 aromatic rings. The Bertz CT molecular complexity index is 1030. The van der Waals surface area contributed by atoms with Gasteiger partial charge in [-0.15, -0.1) is 0 Å². The number of alkyl carbamates (subject to hydrolysis) is 1. The van der Waals surface area contributed by atoms with Gasteiger partial charge in [-0.25, -0.2) is 9.59 Å². The molecule has 8 nitrogen and oxygen atoms in total. The Morgan fingerprint density at radius 2 is 1.50 bits per heavy atom. The first-order valence-corrected chi connectivity index (χ1v) is 11.2. The lowest BCUT2D eigenvalue weighted by molar-refractivity contribution is -0.148. The molecule has 0 fully saturated rings. The second kappa shape index (κ2) is 9.85. The predicted octanol–water partition coefficient (Wildman–Crippen LogP) is 3.28. The molecule has 1 aliphatic rings. The molecule has 0 heterocycles. The first-order valence-electron chi connectivity index (χ1n) is 11.2. The van der Waals surface area contributed by atoms with Gasteiger partial charge in [0.1, 0.15) is 6.61 Å². The van der Waals surface area contributed by atoms with Gasteiger partial charge in [-0.1, -0.05) is 69.3 Å². The van der Waals surface area contributed by atoms with E-state index in [-0.39, 0.29) is 18.9 Å². The van der Waals surface area contributed by atoms with Crippen molar-refractivity contribution in [3.05, 3.63) is 59.7 Å². The maximum atomic E-state index is 12.7. The molecule has 0 aliphatic heterocycles. The number of hydrogen-bond acceptors (Lipinski definition) is 5. The van der Waals surface area contributed by atoms with Crippen molar-refractivity contribution in [1.82, 2.24) is 10.6 Å². The molecule has 4 N–H and O–H groups in total. The lowest BCUT2D eigenvalue weighted by Crippen LogP contribution is -2.56. The summed E-state index contributed by atoms with van der Waals surface area (Å²) in [4.78, 5) is 36.6. The fraction of sp³-hybridized carbons (Fsp3) is 0.423. The van der Waals surface area contributed by atoms with Gasteiger partial charge in [0.25, 0.3) is 0 Å². The Morgan fingerprint density at radius 1 is 0.971 bits per heavy atom. The summed E-state index contributed by atoms with van der Waals surface area (Å²) in [6.07, 6.45) is -0.825. The van der Waals surface area contributed by atoms with Crippen molar-refractivity contribution in [2.75, 3.05) is 13.2 Å². The topological polar surface area (TPSA) is 125 Å². The van der Waals surface area contributed by atoms with E-state index in [2.05, 4.69) is 22.8 Å². The summed E-state index contributed by atoms with van der Waals surface area (Å²) in [5, 5.41) is 23.7. The summed E-state index contributed by atoms with van der Waals surface area (Å²) in [6, 6.07) is 15.4. The molecular weight excluding hydrogens is 436 g/mol. The van der Waals surface area contributed by atoms with Crippen molar-refractivity contribution in [2.45, 2.75) is 51.6 Å². The number of aliphatic hydroxyl groups is 1. The molecular formula is C26H32N2O6. The fourth-order valence-electron chi connectivity index (χ4n) is 4.06. The molecule has 0 bridgehead atoms. The number of hydrogen-bond donors (Lipinski definition) is 4. The summed E-state index contributed by atoms with van der Waals surface area (Å²) < 4.78 is 5.59. The normalized spacial score (nSPS) is 15.4. The van der Waals surface area contributed by atoms with Crippen molar-refractivity contribution in [3.63, 3.8) is 0 Å². The Hall–Kier alpha value is -3.39. The number of carboxylic acids is 1. The molecule has 0 radical (unpaired) electrons. The molecule has 0 saturated carbocycles. The number of carboxylic acid groups (broad SMARTS) is 1. The molecule has 182 valence electrons. The van der Waals surface area contributed by atoms with Crippen LogP contribution in [0.2, 0.25) is 0 Å². The molecule has 3 rings (SSSR count). The van der Waals surface area contributed by atoms with E-state index in [1.807, 2.05) is 57.2 Å². The maximum absolute atomic E-state index is 12.7. The van der Waals surface area contributed by atoms with Gasteiger partial charge in [-0.05, 0) is 34.6 Å². The third-order valence-corrected chi connectivity index (χ3v) is 6.27. The molecule has 2 aromatic carbocycles. The van der Waals surface area contributed by atoms with E-state index < -0.39 is 41.6 Å². The summed E-state index contributed by atoms with van der Waals surface area (Å²) in [5.41, 5.74) is 2.13. The molecule has 8 heteroatoms. The number of nitrogens with one attached hydrogen (secondary N) is 2. The van der Waals surface area contributed by atoms with Crippen LogP contribution in [-0.2, 0) is 14.3 Å². The lowest BCUT2D eigenvalue weighted by Gasteiger charge is -2.32. The van der Waals surface area contributed by atoms with Crippen LogP contribution < -0.4 is 10.6 Å². The summed E-state index contributed by atoms with van der Waals surface area (Å²) >= 11 is 0. The van der Waals surface area contributed by atoms with E-state index in [1.165, 1.54) is 6.92 Å². The number of ether oxygens (including phenoxy) is 1. The number of aliphatic carboxylic acids is 1. The zero-order valence-electron chi connectivity index (χ0n) is 19.9. The van der Waals surface area contributed by atoms with Gasteiger partial charge in [0.15, 0.2) is 5.54 Å². The highest BCUT2D eigenvalue weighted by molar-refractivity contribution is 5.87. The van der Waals surface area contributed by atoms with Crippen LogP contribution in [0.4, 0.5) is 4.79 Å². The zero-order valence-corrected chi connectivity index (χ0v) is 19.9. The Kier molecular flexibility index (Phi) is 7.31. The number of amides is 2. The van der Waals surface area contributed by atoms with Crippen LogP contribution in [0.25, 0.3) is 11.1 Å². The summed E-state index contributed by atoms with van der Waals surface area (Å²) in [7, 11) is 0. The number of carbonyl (C=O) groups is 3. The van der Waals surface area contributed by atoms with Gasteiger partial charge in [0.2, 0.25) is 5.91 Å². The van der Waals surface area contributed by atoms with Crippen LogP contribution >= 0.6 is 0 Å². The fourth-order valence-corrected chi connectivity index (χ4v) is 4.06. The summed E-state index contributed by atoms with van der Waals surface area (Å²) in [6.45, 7) is 6.18. The first kappa shape index (κ1) is 25.2. The van der Waals surface area contributed by atoms with Crippen molar-refractivity contribution < 1.29 is 29.3 Å². The van der Waals surface area contributed by atoms with Gasteiger partial charge < -0.3 is 25.6 Å². The minimum absolute atomic E-state index is 0.0876. The van der Waals surface area contributed by atoms with E-state index in [4.69, 9.17) is 4.74 Å². The van der Waals surface area contributed by atoms with Crippen molar-refractivity contribution in [2.24, 2.45) is 5.41 Å². The third-order valence-electron chi connectivity index (χ3n) is 6.27. The smallest absolute Gasteiger partial charge is 0.407 e. The number of carbonyl (C=O) groups excluding carboxylic acids is 2. The van der Waals surface area contributed by atoms with Crippen molar-refractivity contribution in [1.29, 1.82) is 0 Å². The number of rotatable bonds is 8. The molecule has 0 aromatic heterocycles. The van der Waals surface area contributed by atoms with Gasteiger partial charge in [-0.2, -0.15) is 0 Å². The van der Waals surface area contributed by atoms with Gasteiger partial charge in [-0.3, -0.25) is 4.79 Å². The van der Waals surface area contributed by atoms with E-state index in [1.54, 1.807) is 0 Å². The van der Waals surface area contributed by atoms with E-state index in [0.717, 1.165) is 22.3 Å². The average Bonchev–Trinajstić information content (AvgIpc) is 3.10. The van der Waals surface area contributed by atoms with Crippen LogP contribution in [0.3, 0.4) is 0 Å². The van der Waals surface area contributed by atoms with Crippen LogP contribution in [0.5, 0.6) is 0 Å². The summed E-state index contributed by atoms with van der Waals surface area (Å²) in [5.74, 6) is -2.03. The number of aliphatic hydroxyl groups excluding tert-OH is 1. The highest BCUT2D eigenvalue weighted by atomic mass is 16.5. The molecule has 0 spiro atoms. The van der Waals surface area contributed by atoms with E-state index >= 15 is 0 Å².